The molecule has 0 spiro atoms. The van der Waals surface area contributed by atoms with Crippen molar-refractivity contribution >= 4 is 15.8 Å². The van der Waals surface area contributed by atoms with Crippen LogP contribution in [0.25, 0.3) is 0 Å². The van der Waals surface area contributed by atoms with Crippen LogP contribution in [0.15, 0.2) is 0 Å². The molecule has 0 aromatic carbocycles. The molecule has 5 heteroatoms. The molecule has 66 valence electrons. The topological polar surface area (TPSA) is 71.4 Å². The molecule has 0 aliphatic rings. The maximum absolute atomic E-state index is 11.0. The summed E-state index contributed by atoms with van der Waals surface area (Å²) in [6.07, 6.45) is 0.130. The van der Waals surface area contributed by atoms with Crippen molar-refractivity contribution in [2.45, 2.75) is 25.5 Å². The Morgan fingerprint density at radius 3 is 2.00 bits per heavy atom. The first kappa shape index (κ1) is 10.4. The van der Waals surface area contributed by atoms with Crippen LogP contribution in [0.1, 0.15) is 20.3 Å². The van der Waals surface area contributed by atoms with Crippen LogP contribution in [0.4, 0.5) is 0 Å². The minimum Gasteiger partial charge on any atom is -0.480 e. The maximum Gasteiger partial charge on any atom is 0.321 e. The number of aliphatic carboxylic acids is 1. The van der Waals surface area contributed by atoms with E-state index in [0.717, 1.165) is 0 Å². The average molecular weight is 180 g/mol. The predicted octanol–water partition coefficient (Wildman–Crippen LogP) is 0.284. The lowest BCUT2D eigenvalue weighted by atomic mass is 10.3. The minimum atomic E-state index is -3.41. The molecular formula is C6H12O4S. The predicted molar refractivity (Wildman–Crippen MR) is 41.2 cm³/mol. The van der Waals surface area contributed by atoms with Crippen molar-refractivity contribution in [3.05, 3.63) is 0 Å². The van der Waals surface area contributed by atoms with Crippen molar-refractivity contribution in [3.8, 4) is 0 Å². The van der Waals surface area contributed by atoms with E-state index in [9.17, 15) is 13.2 Å². The van der Waals surface area contributed by atoms with Crippen LogP contribution in [0.5, 0.6) is 0 Å². The highest BCUT2D eigenvalue weighted by molar-refractivity contribution is 7.92. The lowest BCUT2D eigenvalue weighted by Gasteiger charge is -2.07. The van der Waals surface area contributed by atoms with Gasteiger partial charge in [0.15, 0.2) is 15.1 Å². The van der Waals surface area contributed by atoms with Crippen LogP contribution in [0.3, 0.4) is 0 Å². The van der Waals surface area contributed by atoms with Crippen molar-refractivity contribution in [2.24, 2.45) is 0 Å². The summed E-state index contributed by atoms with van der Waals surface area (Å²) in [5, 5.41) is 7.23. The SMILES string of the molecule is CCC(C(=O)O)S(=O)(=O)CC. The third kappa shape index (κ3) is 2.49. The van der Waals surface area contributed by atoms with E-state index in [-0.39, 0.29) is 12.2 Å². The highest BCUT2D eigenvalue weighted by Crippen LogP contribution is 2.06. The Hall–Kier alpha value is -0.580. The third-order valence-corrected chi connectivity index (χ3v) is 3.69. The van der Waals surface area contributed by atoms with E-state index in [0.29, 0.717) is 0 Å². The van der Waals surface area contributed by atoms with Gasteiger partial charge in [0.25, 0.3) is 0 Å². The number of carboxylic acid groups (broad SMARTS) is 1. The van der Waals surface area contributed by atoms with Crippen LogP contribution in [0, 0.1) is 0 Å². The number of carboxylic acids is 1. The quantitative estimate of drug-likeness (QED) is 0.674. The summed E-state index contributed by atoms with van der Waals surface area (Å²) < 4.78 is 22.0. The van der Waals surface area contributed by atoms with Gasteiger partial charge in [-0.15, -0.1) is 0 Å². The molecule has 0 radical (unpaired) electrons. The van der Waals surface area contributed by atoms with Crippen molar-refractivity contribution in [2.75, 3.05) is 5.75 Å². The Labute approximate surface area is 66.1 Å². The average Bonchev–Trinajstić information content (AvgIpc) is 1.88. The highest BCUT2D eigenvalue weighted by Gasteiger charge is 2.28. The van der Waals surface area contributed by atoms with E-state index in [1.54, 1.807) is 6.92 Å². The van der Waals surface area contributed by atoms with Gasteiger partial charge in [0.05, 0.1) is 0 Å². The van der Waals surface area contributed by atoms with E-state index in [1.165, 1.54) is 6.92 Å². The zero-order valence-electron chi connectivity index (χ0n) is 6.57. The van der Waals surface area contributed by atoms with Crippen LogP contribution in [-0.2, 0) is 14.6 Å². The molecule has 11 heavy (non-hydrogen) atoms. The molecule has 0 amide bonds. The highest BCUT2D eigenvalue weighted by atomic mass is 32.2. The summed E-state index contributed by atoms with van der Waals surface area (Å²) in [5.41, 5.74) is 0. The first-order chi connectivity index (χ1) is 4.95. The Morgan fingerprint density at radius 1 is 1.45 bits per heavy atom. The molecule has 0 aliphatic carbocycles. The van der Waals surface area contributed by atoms with Gasteiger partial charge in [0, 0.05) is 5.75 Å². The molecule has 0 rings (SSSR count). The Morgan fingerprint density at radius 2 is 1.91 bits per heavy atom. The smallest absolute Gasteiger partial charge is 0.321 e. The molecular weight excluding hydrogens is 168 g/mol. The van der Waals surface area contributed by atoms with E-state index >= 15 is 0 Å². The number of hydrogen-bond acceptors (Lipinski definition) is 3. The van der Waals surface area contributed by atoms with E-state index < -0.39 is 21.1 Å². The van der Waals surface area contributed by atoms with E-state index in [2.05, 4.69) is 0 Å². The number of rotatable bonds is 4. The molecule has 1 atom stereocenters. The summed E-state index contributed by atoms with van der Waals surface area (Å²) in [4.78, 5) is 10.4. The Kier molecular flexibility index (Phi) is 3.51. The molecule has 0 heterocycles. The van der Waals surface area contributed by atoms with Crippen LogP contribution >= 0.6 is 0 Å². The first-order valence-corrected chi connectivity index (χ1v) is 5.11. The van der Waals surface area contributed by atoms with E-state index in [4.69, 9.17) is 5.11 Å². The fourth-order valence-corrected chi connectivity index (χ4v) is 2.00. The Bertz CT molecular complexity index is 229. The number of hydrogen-bond donors (Lipinski definition) is 1. The van der Waals surface area contributed by atoms with Crippen LogP contribution in [0.2, 0.25) is 0 Å². The molecule has 1 unspecified atom stereocenters. The number of sulfone groups is 1. The number of carbonyl (C=O) groups is 1. The normalized spacial score (nSPS) is 14.4. The molecule has 0 bridgehead atoms. The van der Waals surface area contributed by atoms with Gasteiger partial charge < -0.3 is 5.11 Å². The summed E-state index contributed by atoms with van der Waals surface area (Å²) >= 11 is 0. The summed E-state index contributed by atoms with van der Waals surface area (Å²) in [6.45, 7) is 2.99. The van der Waals surface area contributed by atoms with Gasteiger partial charge in [0.2, 0.25) is 0 Å². The molecule has 0 fully saturated rings. The van der Waals surface area contributed by atoms with Gasteiger partial charge in [0.1, 0.15) is 0 Å². The van der Waals surface area contributed by atoms with Crippen molar-refractivity contribution < 1.29 is 18.3 Å². The zero-order valence-corrected chi connectivity index (χ0v) is 7.39. The molecule has 0 saturated heterocycles. The van der Waals surface area contributed by atoms with Gasteiger partial charge in [-0.05, 0) is 6.42 Å². The lowest BCUT2D eigenvalue weighted by molar-refractivity contribution is -0.136. The van der Waals surface area contributed by atoms with Gasteiger partial charge in [-0.25, -0.2) is 8.42 Å². The molecule has 0 saturated carbocycles. The van der Waals surface area contributed by atoms with Crippen molar-refractivity contribution in [3.63, 3.8) is 0 Å². The monoisotopic (exact) mass is 180 g/mol. The molecule has 4 nitrogen and oxygen atoms in total. The molecule has 0 aromatic rings. The van der Waals surface area contributed by atoms with Crippen molar-refractivity contribution in [1.82, 2.24) is 0 Å². The van der Waals surface area contributed by atoms with Gasteiger partial charge in [-0.3, -0.25) is 4.79 Å². The van der Waals surface area contributed by atoms with Crippen molar-refractivity contribution in [1.29, 1.82) is 0 Å². The second-order valence-corrected chi connectivity index (χ2v) is 4.66. The zero-order chi connectivity index (χ0) is 9.07. The maximum atomic E-state index is 11.0. The molecule has 0 aliphatic heterocycles. The second-order valence-electron chi connectivity index (χ2n) is 2.19. The Balaban J connectivity index is 4.65. The fraction of sp³-hybridized carbons (Fsp3) is 0.833. The standard InChI is InChI=1S/C6H12O4S/c1-3-5(6(7)8)11(9,10)4-2/h5H,3-4H2,1-2H3,(H,7,8). The van der Waals surface area contributed by atoms with Gasteiger partial charge >= 0.3 is 5.97 Å². The molecule has 1 N–H and O–H groups in total. The van der Waals surface area contributed by atoms with Gasteiger partial charge in [-0.2, -0.15) is 0 Å². The third-order valence-electron chi connectivity index (χ3n) is 1.48. The van der Waals surface area contributed by atoms with Crippen LogP contribution < -0.4 is 0 Å². The summed E-state index contributed by atoms with van der Waals surface area (Å²) in [5.74, 6) is -1.37. The van der Waals surface area contributed by atoms with E-state index in [1.807, 2.05) is 0 Å². The minimum absolute atomic E-state index is 0.113. The largest absolute Gasteiger partial charge is 0.480 e. The fourth-order valence-electron chi connectivity index (χ4n) is 0.783. The first-order valence-electron chi connectivity index (χ1n) is 3.40. The second kappa shape index (κ2) is 3.71. The lowest BCUT2D eigenvalue weighted by Crippen LogP contribution is -2.30. The summed E-state index contributed by atoms with van der Waals surface area (Å²) in [7, 11) is -3.41. The van der Waals surface area contributed by atoms with Gasteiger partial charge in [-0.1, -0.05) is 13.8 Å². The molecule has 0 aromatic heterocycles. The summed E-state index contributed by atoms with van der Waals surface area (Å²) in [6, 6.07) is 0. The van der Waals surface area contributed by atoms with Crippen LogP contribution in [-0.4, -0.2) is 30.5 Å².